The molecule has 1 amide bonds. The molecule has 20 heavy (non-hydrogen) atoms. The molecule has 2 N–H and O–H groups in total. The highest BCUT2D eigenvalue weighted by Crippen LogP contribution is 2.37. The van der Waals surface area contributed by atoms with Gasteiger partial charge in [0.25, 0.3) is 5.91 Å². The summed E-state index contributed by atoms with van der Waals surface area (Å²) in [5, 5.41) is 0. The van der Waals surface area contributed by atoms with E-state index in [-0.39, 0.29) is 0 Å². The predicted octanol–water partition coefficient (Wildman–Crippen LogP) is 2.40. The van der Waals surface area contributed by atoms with Crippen LogP contribution < -0.4 is 10.5 Å². The van der Waals surface area contributed by atoms with Crippen LogP contribution in [0.2, 0.25) is 0 Å². The Bertz CT molecular complexity index is 708. The third-order valence-electron chi connectivity index (χ3n) is 3.70. The van der Waals surface area contributed by atoms with E-state index >= 15 is 0 Å². The molecular formula is C16H16N2O2. The first-order valence-corrected chi connectivity index (χ1v) is 6.61. The second-order valence-electron chi connectivity index (χ2n) is 5.04. The van der Waals surface area contributed by atoms with E-state index in [0.29, 0.717) is 17.9 Å². The molecule has 1 aliphatic rings. The molecule has 1 aliphatic heterocycles. The number of aryl methyl sites for hydroxylation is 2. The van der Waals surface area contributed by atoms with E-state index in [9.17, 15) is 4.79 Å². The zero-order valence-corrected chi connectivity index (χ0v) is 11.6. The van der Waals surface area contributed by atoms with Gasteiger partial charge in [0.05, 0.1) is 17.9 Å². The van der Waals surface area contributed by atoms with E-state index < -0.39 is 5.91 Å². The summed E-state index contributed by atoms with van der Waals surface area (Å²) in [4.78, 5) is 16.3. The second-order valence-corrected chi connectivity index (χ2v) is 5.04. The SMILES string of the molecule is Cc1cc(C(N)=O)c(-c2cccc3c2OCC3)nc1C. The van der Waals surface area contributed by atoms with Crippen molar-refractivity contribution in [3.63, 3.8) is 0 Å². The number of para-hydroxylation sites is 1. The van der Waals surface area contributed by atoms with Crippen LogP contribution in [0.5, 0.6) is 5.75 Å². The van der Waals surface area contributed by atoms with Gasteiger partial charge in [0.1, 0.15) is 5.75 Å². The molecule has 1 aromatic carbocycles. The highest BCUT2D eigenvalue weighted by molar-refractivity contribution is 5.99. The molecule has 4 heteroatoms. The van der Waals surface area contributed by atoms with Crippen LogP contribution in [0.15, 0.2) is 24.3 Å². The van der Waals surface area contributed by atoms with E-state index in [1.807, 2.05) is 32.0 Å². The van der Waals surface area contributed by atoms with Crippen LogP contribution in [0.3, 0.4) is 0 Å². The molecule has 0 fully saturated rings. The highest BCUT2D eigenvalue weighted by Gasteiger charge is 2.21. The molecule has 0 radical (unpaired) electrons. The Kier molecular flexibility index (Phi) is 2.93. The minimum absolute atomic E-state index is 0.442. The number of carbonyl (C=O) groups is 1. The Labute approximate surface area is 117 Å². The summed E-state index contributed by atoms with van der Waals surface area (Å²) in [7, 11) is 0. The van der Waals surface area contributed by atoms with Crippen molar-refractivity contribution >= 4 is 5.91 Å². The minimum atomic E-state index is -0.466. The Morgan fingerprint density at radius 1 is 1.35 bits per heavy atom. The number of amides is 1. The van der Waals surface area contributed by atoms with Gasteiger partial charge in [-0.2, -0.15) is 0 Å². The lowest BCUT2D eigenvalue weighted by atomic mass is 9.99. The molecule has 0 saturated heterocycles. The van der Waals surface area contributed by atoms with E-state index in [4.69, 9.17) is 10.5 Å². The maximum Gasteiger partial charge on any atom is 0.250 e. The molecule has 0 spiro atoms. The Morgan fingerprint density at radius 2 is 2.15 bits per heavy atom. The summed E-state index contributed by atoms with van der Waals surface area (Å²) < 4.78 is 5.70. The molecule has 2 aromatic rings. The predicted molar refractivity (Wildman–Crippen MR) is 76.9 cm³/mol. The van der Waals surface area contributed by atoms with Crippen LogP contribution in [0.4, 0.5) is 0 Å². The Balaban J connectivity index is 2.27. The first-order valence-electron chi connectivity index (χ1n) is 6.61. The number of aromatic nitrogens is 1. The summed E-state index contributed by atoms with van der Waals surface area (Å²) in [6, 6.07) is 7.73. The first-order chi connectivity index (χ1) is 9.58. The van der Waals surface area contributed by atoms with Crippen LogP contribution in [-0.4, -0.2) is 17.5 Å². The van der Waals surface area contributed by atoms with Gasteiger partial charge in [-0.25, -0.2) is 0 Å². The topological polar surface area (TPSA) is 65.2 Å². The number of pyridine rings is 1. The molecule has 0 unspecified atom stereocenters. The number of rotatable bonds is 2. The standard InChI is InChI=1S/C16H16N2O2/c1-9-8-13(16(17)19)14(18-10(9)2)12-5-3-4-11-6-7-20-15(11)12/h3-5,8H,6-7H2,1-2H3,(H2,17,19). The summed E-state index contributed by atoms with van der Waals surface area (Å²) >= 11 is 0. The average Bonchev–Trinajstić information content (AvgIpc) is 2.89. The van der Waals surface area contributed by atoms with Gasteiger partial charge in [0.2, 0.25) is 0 Å². The van der Waals surface area contributed by atoms with Gasteiger partial charge in [-0.3, -0.25) is 9.78 Å². The molecule has 1 aromatic heterocycles. The zero-order valence-electron chi connectivity index (χ0n) is 11.6. The van der Waals surface area contributed by atoms with Crippen molar-refractivity contribution in [3.8, 4) is 17.0 Å². The fraction of sp³-hybridized carbons (Fsp3) is 0.250. The quantitative estimate of drug-likeness (QED) is 0.909. The maximum absolute atomic E-state index is 11.7. The van der Waals surface area contributed by atoms with Crippen LogP contribution in [-0.2, 0) is 6.42 Å². The fourth-order valence-electron chi connectivity index (χ4n) is 2.50. The van der Waals surface area contributed by atoms with Crippen LogP contribution in [0.25, 0.3) is 11.3 Å². The number of benzene rings is 1. The normalized spacial score (nSPS) is 12.9. The number of primary amides is 1. The zero-order chi connectivity index (χ0) is 14.3. The molecule has 0 aliphatic carbocycles. The van der Waals surface area contributed by atoms with Gasteiger partial charge in [-0.15, -0.1) is 0 Å². The van der Waals surface area contributed by atoms with E-state index in [0.717, 1.165) is 34.6 Å². The molecule has 4 nitrogen and oxygen atoms in total. The molecule has 2 heterocycles. The molecule has 0 bridgehead atoms. The molecule has 3 rings (SSSR count). The summed E-state index contributed by atoms with van der Waals surface area (Å²) in [6.45, 7) is 4.52. The third kappa shape index (κ3) is 1.93. The number of hydrogen-bond acceptors (Lipinski definition) is 3. The number of fused-ring (bicyclic) bond motifs is 1. The van der Waals surface area contributed by atoms with Crippen molar-refractivity contribution in [2.45, 2.75) is 20.3 Å². The number of hydrogen-bond donors (Lipinski definition) is 1. The van der Waals surface area contributed by atoms with Crippen molar-refractivity contribution < 1.29 is 9.53 Å². The minimum Gasteiger partial charge on any atom is -0.492 e. The molecule has 0 saturated carbocycles. The van der Waals surface area contributed by atoms with Gasteiger partial charge in [-0.1, -0.05) is 12.1 Å². The fourth-order valence-corrected chi connectivity index (χ4v) is 2.50. The van der Waals surface area contributed by atoms with Gasteiger partial charge in [-0.05, 0) is 37.1 Å². The van der Waals surface area contributed by atoms with Gasteiger partial charge in [0.15, 0.2) is 0 Å². The van der Waals surface area contributed by atoms with Crippen molar-refractivity contribution in [2.75, 3.05) is 6.61 Å². The average molecular weight is 268 g/mol. The lowest BCUT2D eigenvalue weighted by Crippen LogP contribution is -2.14. The number of nitrogens with two attached hydrogens (primary N) is 1. The lowest BCUT2D eigenvalue weighted by molar-refractivity contribution is 0.100. The smallest absolute Gasteiger partial charge is 0.250 e. The summed E-state index contributed by atoms with van der Waals surface area (Å²) in [5.41, 5.74) is 10.4. The molecule has 102 valence electrons. The summed E-state index contributed by atoms with van der Waals surface area (Å²) in [6.07, 6.45) is 0.889. The monoisotopic (exact) mass is 268 g/mol. The van der Waals surface area contributed by atoms with Crippen molar-refractivity contribution in [1.82, 2.24) is 4.98 Å². The van der Waals surface area contributed by atoms with Gasteiger partial charge in [0, 0.05) is 17.7 Å². The van der Waals surface area contributed by atoms with Crippen LogP contribution >= 0.6 is 0 Å². The van der Waals surface area contributed by atoms with Gasteiger partial charge >= 0.3 is 0 Å². The summed E-state index contributed by atoms with van der Waals surface area (Å²) in [5.74, 6) is 0.358. The maximum atomic E-state index is 11.7. The van der Waals surface area contributed by atoms with E-state index in [1.54, 1.807) is 6.07 Å². The van der Waals surface area contributed by atoms with Crippen molar-refractivity contribution in [1.29, 1.82) is 0 Å². The Morgan fingerprint density at radius 3 is 2.90 bits per heavy atom. The Hall–Kier alpha value is -2.36. The third-order valence-corrected chi connectivity index (χ3v) is 3.70. The molecule has 0 atom stereocenters. The highest BCUT2D eigenvalue weighted by atomic mass is 16.5. The van der Waals surface area contributed by atoms with Gasteiger partial charge < -0.3 is 10.5 Å². The van der Waals surface area contributed by atoms with Crippen molar-refractivity contribution in [2.24, 2.45) is 5.73 Å². The number of carbonyl (C=O) groups excluding carboxylic acids is 1. The van der Waals surface area contributed by atoms with Crippen LogP contribution in [0.1, 0.15) is 27.2 Å². The molecular weight excluding hydrogens is 252 g/mol. The lowest BCUT2D eigenvalue weighted by Gasteiger charge is -2.12. The second kappa shape index (κ2) is 4.63. The largest absolute Gasteiger partial charge is 0.492 e. The van der Waals surface area contributed by atoms with Crippen LogP contribution in [0, 0.1) is 13.8 Å². The van der Waals surface area contributed by atoms with E-state index in [1.165, 1.54) is 0 Å². The van der Waals surface area contributed by atoms with Crippen molar-refractivity contribution in [3.05, 3.63) is 46.6 Å². The number of ether oxygens (including phenoxy) is 1. The first kappa shape index (κ1) is 12.7. The number of nitrogens with zero attached hydrogens (tertiary/aromatic N) is 1. The van der Waals surface area contributed by atoms with E-state index in [2.05, 4.69) is 4.98 Å².